The molecule has 0 aliphatic carbocycles. The molecule has 1 aromatic carbocycles. The number of piperidine rings is 1. The summed E-state index contributed by atoms with van der Waals surface area (Å²) >= 11 is 0. The van der Waals surface area contributed by atoms with Crippen LogP contribution in [0.15, 0.2) is 24.3 Å². The minimum absolute atomic E-state index is 0.123. The maximum atomic E-state index is 12.6. The first kappa shape index (κ1) is 20.1. The van der Waals surface area contributed by atoms with E-state index in [2.05, 4.69) is 36.3 Å². The van der Waals surface area contributed by atoms with Gasteiger partial charge in [-0.2, -0.15) is 5.10 Å². The number of aryl methyl sites for hydroxylation is 2. The molecule has 2 aromatic rings. The molecule has 1 saturated heterocycles. The van der Waals surface area contributed by atoms with Gasteiger partial charge in [-0.15, -0.1) is 0 Å². The molecule has 1 fully saturated rings. The maximum absolute atomic E-state index is 12.6. The smallest absolute Gasteiger partial charge is 0.342 e. The van der Waals surface area contributed by atoms with Crippen LogP contribution in [0.4, 0.5) is 0 Å². The molecule has 6 heteroatoms. The van der Waals surface area contributed by atoms with Crippen molar-refractivity contribution in [3.8, 4) is 0 Å². The lowest BCUT2D eigenvalue weighted by Crippen LogP contribution is -2.41. The molecule has 6 nitrogen and oxygen atoms in total. The van der Waals surface area contributed by atoms with Crippen LogP contribution in [0.3, 0.4) is 0 Å². The molecule has 1 amide bonds. The summed E-state index contributed by atoms with van der Waals surface area (Å²) in [5, 5.41) is 4.50. The molecule has 2 heterocycles. The lowest BCUT2D eigenvalue weighted by atomic mass is 10.0. The van der Waals surface area contributed by atoms with Crippen LogP contribution in [0.5, 0.6) is 0 Å². The summed E-state index contributed by atoms with van der Waals surface area (Å²) in [5.41, 5.74) is 4.14. The summed E-state index contributed by atoms with van der Waals surface area (Å²) < 4.78 is 7.15. The van der Waals surface area contributed by atoms with Gasteiger partial charge < -0.3 is 9.64 Å². The van der Waals surface area contributed by atoms with Crippen molar-refractivity contribution in [3.63, 3.8) is 0 Å². The fraction of sp³-hybridized carbons (Fsp3) is 0.500. The average molecular weight is 383 g/mol. The van der Waals surface area contributed by atoms with Gasteiger partial charge in [-0.05, 0) is 45.1 Å². The van der Waals surface area contributed by atoms with Crippen LogP contribution in [-0.4, -0.2) is 46.3 Å². The van der Waals surface area contributed by atoms with Crippen LogP contribution in [0.25, 0.3) is 0 Å². The predicted octanol–water partition coefficient (Wildman–Crippen LogP) is 3.27. The van der Waals surface area contributed by atoms with E-state index in [1.54, 1.807) is 11.8 Å². The standard InChI is InChI=1S/C22H29N3O3/c1-15-7-9-19(10-8-15)13-25-18(4)21(17(3)23-25)22(27)28-14-20(26)24-11-5-6-16(2)12-24/h7-10,16H,5-6,11-14H2,1-4H3. The molecule has 0 N–H and O–H groups in total. The van der Waals surface area contributed by atoms with Crippen molar-refractivity contribution in [3.05, 3.63) is 52.3 Å². The minimum atomic E-state index is -0.483. The monoisotopic (exact) mass is 383 g/mol. The summed E-state index contributed by atoms with van der Waals surface area (Å²) in [6, 6.07) is 8.23. The molecule has 28 heavy (non-hydrogen) atoms. The first-order chi connectivity index (χ1) is 13.3. The zero-order chi connectivity index (χ0) is 20.3. The van der Waals surface area contributed by atoms with Crippen LogP contribution in [0.2, 0.25) is 0 Å². The molecule has 0 spiro atoms. The van der Waals surface area contributed by atoms with E-state index in [4.69, 9.17) is 4.74 Å². The number of hydrogen-bond acceptors (Lipinski definition) is 4. The quantitative estimate of drug-likeness (QED) is 0.744. The number of likely N-dealkylation sites (tertiary alicyclic amines) is 1. The highest BCUT2D eigenvalue weighted by Crippen LogP contribution is 2.18. The van der Waals surface area contributed by atoms with Gasteiger partial charge in [0.25, 0.3) is 5.91 Å². The van der Waals surface area contributed by atoms with Gasteiger partial charge in [-0.25, -0.2) is 4.79 Å². The van der Waals surface area contributed by atoms with Gasteiger partial charge in [-0.1, -0.05) is 36.8 Å². The average Bonchev–Trinajstić information content (AvgIpc) is 2.94. The molecule has 150 valence electrons. The fourth-order valence-electron chi connectivity index (χ4n) is 3.72. The third-order valence-electron chi connectivity index (χ3n) is 5.38. The lowest BCUT2D eigenvalue weighted by molar-refractivity contribution is -0.136. The highest BCUT2D eigenvalue weighted by atomic mass is 16.5. The van der Waals surface area contributed by atoms with E-state index in [0.717, 1.165) is 37.2 Å². The molecule has 1 aliphatic rings. The van der Waals surface area contributed by atoms with Gasteiger partial charge >= 0.3 is 5.97 Å². The van der Waals surface area contributed by atoms with Gasteiger partial charge in [0.05, 0.1) is 17.9 Å². The molecule has 0 bridgehead atoms. The summed E-state index contributed by atoms with van der Waals surface area (Å²) in [4.78, 5) is 26.7. The second-order valence-electron chi connectivity index (χ2n) is 7.85. The van der Waals surface area contributed by atoms with E-state index in [-0.39, 0.29) is 12.5 Å². The van der Waals surface area contributed by atoms with E-state index in [9.17, 15) is 9.59 Å². The molecule has 3 rings (SSSR count). The molecular weight excluding hydrogens is 354 g/mol. The van der Waals surface area contributed by atoms with Gasteiger partial charge in [0.1, 0.15) is 5.56 Å². The Balaban J connectivity index is 1.64. The topological polar surface area (TPSA) is 64.4 Å². The Labute approximate surface area is 166 Å². The number of ether oxygens (including phenoxy) is 1. The van der Waals surface area contributed by atoms with E-state index in [1.165, 1.54) is 5.56 Å². The van der Waals surface area contributed by atoms with Gasteiger partial charge in [0.15, 0.2) is 6.61 Å². The number of carbonyl (C=O) groups excluding carboxylic acids is 2. The highest BCUT2D eigenvalue weighted by Gasteiger charge is 2.24. The normalized spacial score (nSPS) is 16.9. The van der Waals surface area contributed by atoms with E-state index < -0.39 is 5.97 Å². The van der Waals surface area contributed by atoms with Gasteiger partial charge in [0, 0.05) is 13.1 Å². The summed E-state index contributed by atoms with van der Waals surface area (Å²) in [5.74, 6) is -0.108. The predicted molar refractivity (Wildman–Crippen MR) is 107 cm³/mol. The van der Waals surface area contributed by atoms with Crippen LogP contribution in [-0.2, 0) is 16.1 Å². The number of esters is 1. The molecule has 1 atom stereocenters. The number of carbonyl (C=O) groups is 2. The van der Waals surface area contributed by atoms with Crippen LogP contribution >= 0.6 is 0 Å². The van der Waals surface area contributed by atoms with Gasteiger partial charge in [0.2, 0.25) is 0 Å². The Hall–Kier alpha value is -2.63. The van der Waals surface area contributed by atoms with Gasteiger partial charge in [-0.3, -0.25) is 9.48 Å². The number of benzene rings is 1. The lowest BCUT2D eigenvalue weighted by Gasteiger charge is -2.30. The fourth-order valence-corrected chi connectivity index (χ4v) is 3.72. The number of hydrogen-bond donors (Lipinski definition) is 0. The van der Waals surface area contributed by atoms with E-state index in [0.29, 0.717) is 23.7 Å². The third kappa shape index (κ3) is 4.61. The first-order valence-corrected chi connectivity index (χ1v) is 9.89. The molecule has 1 unspecified atom stereocenters. The Morgan fingerprint density at radius 1 is 1.18 bits per heavy atom. The zero-order valence-corrected chi connectivity index (χ0v) is 17.2. The number of rotatable bonds is 5. The molecule has 0 radical (unpaired) electrons. The minimum Gasteiger partial charge on any atom is -0.452 e. The Bertz CT molecular complexity index is 855. The maximum Gasteiger partial charge on any atom is 0.342 e. The van der Waals surface area contributed by atoms with Crippen molar-refractivity contribution >= 4 is 11.9 Å². The van der Waals surface area contributed by atoms with Crippen molar-refractivity contribution in [2.45, 2.75) is 47.1 Å². The van der Waals surface area contributed by atoms with Crippen LogP contribution < -0.4 is 0 Å². The second-order valence-corrected chi connectivity index (χ2v) is 7.85. The number of nitrogens with zero attached hydrogens (tertiary/aromatic N) is 3. The zero-order valence-electron chi connectivity index (χ0n) is 17.2. The Morgan fingerprint density at radius 3 is 2.57 bits per heavy atom. The van der Waals surface area contributed by atoms with Crippen molar-refractivity contribution in [1.82, 2.24) is 14.7 Å². The summed E-state index contributed by atoms with van der Waals surface area (Å²) in [7, 11) is 0. The largest absolute Gasteiger partial charge is 0.452 e. The van der Waals surface area contributed by atoms with E-state index >= 15 is 0 Å². The molecular formula is C22H29N3O3. The Morgan fingerprint density at radius 2 is 1.89 bits per heavy atom. The van der Waals surface area contributed by atoms with Crippen molar-refractivity contribution in [1.29, 1.82) is 0 Å². The summed E-state index contributed by atoms with van der Waals surface area (Å²) in [6.45, 7) is 9.70. The second kappa shape index (κ2) is 8.59. The number of amides is 1. The van der Waals surface area contributed by atoms with Crippen LogP contribution in [0, 0.1) is 26.7 Å². The highest BCUT2D eigenvalue weighted by molar-refractivity contribution is 5.93. The van der Waals surface area contributed by atoms with Crippen molar-refractivity contribution in [2.75, 3.05) is 19.7 Å². The molecule has 1 aromatic heterocycles. The number of aromatic nitrogens is 2. The third-order valence-corrected chi connectivity index (χ3v) is 5.38. The van der Waals surface area contributed by atoms with Crippen LogP contribution in [0.1, 0.15) is 52.6 Å². The molecule has 0 saturated carbocycles. The first-order valence-electron chi connectivity index (χ1n) is 9.89. The van der Waals surface area contributed by atoms with Crippen molar-refractivity contribution < 1.29 is 14.3 Å². The Kier molecular flexibility index (Phi) is 6.17. The van der Waals surface area contributed by atoms with Crippen molar-refractivity contribution in [2.24, 2.45) is 5.92 Å². The molecule has 1 aliphatic heterocycles. The summed E-state index contributed by atoms with van der Waals surface area (Å²) in [6.07, 6.45) is 2.15. The SMILES string of the molecule is Cc1ccc(Cn2nc(C)c(C(=O)OCC(=O)N3CCCC(C)C3)c2C)cc1. The van der Waals surface area contributed by atoms with E-state index in [1.807, 2.05) is 18.5 Å².